The summed E-state index contributed by atoms with van der Waals surface area (Å²) in [6.07, 6.45) is 6.10. The van der Waals surface area contributed by atoms with Gasteiger partial charge in [-0.1, -0.05) is 36.6 Å². The Morgan fingerprint density at radius 2 is 2.04 bits per heavy atom. The Morgan fingerprint density at radius 1 is 1.28 bits per heavy atom. The quantitative estimate of drug-likeness (QED) is 0.569. The highest BCUT2D eigenvalue weighted by atomic mass is 19.1. The highest BCUT2D eigenvalue weighted by molar-refractivity contribution is 5.66. The number of rotatable bonds is 1. The second-order valence-corrected chi connectivity index (χ2v) is 8.97. The second-order valence-electron chi connectivity index (χ2n) is 8.97. The van der Waals surface area contributed by atoms with Crippen molar-refractivity contribution in [2.75, 3.05) is 0 Å². The molecule has 1 saturated carbocycles. The maximum absolute atomic E-state index is 14.8. The lowest BCUT2D eigenvalue weighted by molar-refractivity contribution is -0.156. The van der Waals surface area contributed by atoms with Gasteiger partial charge in [0.05, 0.1) is 6.10 Å². The summed E-state index contributed by atoms with van der Waals surface area (Å²) in [5, 5.41) is 10.0. The van der Waals surface area contributed by atoms with Crippen LogP contribution in [0.25, 0.3) is 0 Å². The number of alkyl halides is 1. The minimum absolute atomic E-state index is 0.0411. The minimum atomic E-state index is -1.07. The van der Waals surface area contributed by atoms with Crippen molar-refractivity contribution >= 4 is 5.97 Å². The van der Waals surface area contributed by atoms with Gasteiger partial charge in [0.15, 0.2) is 0 Å². The predicted molar refractivity (Wildman–Crippen MR) is 93.6 cm³/mol. The molecule has 0 aliphatic heterocycles. The number of carbonyl (C=O) groups is 1. The van der Waals surface area contributed by atoms with Crippen LogP contribution in [0, 0.1) is 16.7 Å². The van der Waals surface area contributed by atoms with E-state index in [0.717, 1.165) is 38.5 Å². The van der Waals surface area contributed by atoms with E-state index in [1.54, 1.807) is 0 Å². The maximum atomic E-state index is 14.8. The van der Waals surface area contributed by atoms with Gasteiger partial charge in [-0.3, -0.25) is 4.79 Å². The molecular weight excluding hydrogens is 319 g/mol. The van der Waals surface area contributed by atoms with Crippen molar-refractivity contribution in [3.63, 3.8) is 0 Å². The molecule has 0 saturated heterocycles. The number of carbonyl (C=O) groups excluding carboxylic acids is 1. The Hall–Kier alpha value is -1.16. The average molecular weight is 348 g/mol. The van der Waals surface area contributed by atoms with E-state index >= 15 is 0 Å². The van der Waals surface area contributed by atoms with E-state index in [-0.39, 0.29) is 28.8 Å². The fraction of sp³-hybridized carbons (Fsp3) is 0.762. The van der Waals surface area contributed by atoms with Gasteiger partial charge >= 0.3 is 5.97 Å². The van der Waals surface area contributed by atoms with Gasteiger partial charge in [0.25, 0.3) is 0 Å². The van der Waals surface area contributed by atoms with E-state index in [1.807, 2.05) is 0 Å². The van der Waals surface area contributed by atoms with Gasteiger partial charge < -0.3 is 9.84 Å². The lowest BCUT2D eigenvalue weighted by Crippen LogP contribution is -2.44. The number of allylic oxidation sites excluding steroid dienone is 3. The van der Waals surface area contributed by atoms with Crippen LogP contribution in [0.5, 0.6) is 0 Å². The molecule has 1 fully saturated rings. The molecule has 4 rings (SSSR count). The molecule has 0 bridgehead atoms. The molecule has 0 aromatic carbocycles. The van der Waals surface area contributed by atoms with Crippen LogP contribution in [0.15, 0.2) is 22.8 Å². The number of hydrogen-bond acceptors (Lipinski definition) is 3. The summed E-state index contributed by atoms with van der Waals surface area (Å²) < 4.78 is 20.2. The molecule has 0 aromatic heterocycles. The Bertz CT molecular complexity index is 666. The van der Waals surface area contributed by atoms with Crippen molar-refractivity contribution < 1.29 is 19.0 Å². The number of esters is 1. The van der Waals surface area contributed by atoms with Crippen LogP contribution in [-0.2, 0) is 9.53 Å². The monoisotopic (exact) mass is 348 g/mol. The maximum Gasteiger partial charge on any atom is 0.303 e. The summed E-state index contributed by atoms with van der Waals surface area (Å²) in [6.45, 7) is 5.81. The summed E-state index contributed by atoms with van der Waals surface area (Å²) in [5.74, 6) is -0.197. The van der Waals surface area contributed by atoms with Gasteiger partial charge in [-0.05, 0) is 50.9 Å². The number of hydrogen-bond donors (Lipinski definition) is 1. The summed E-state index contributed by atoms with van der Waals surface area (Å²) in [5.41, 5.74) is 4.06. The van der Waals surface area contributed by atoms with Crippen molar-refractivity contribution in [3.05, 3.63) is 22.8 Å². The first kappa shape index (κ1) is 17.3. The molecule has 0 spiro atoms. The highest BCUT2D eigenvalue weighted by Crippen LogP contribution is 2.63. The summed E-state index contributed by atoms with van der Waals surface area (Å²) in [7, 11) is 0. The predicted octanol–water partition coefficient (Wildman–Crippen LogP) is 4.25. The highest BCUT2D eigenvalue weighted by Gasteiger charge is 2.59. The molecular formula is C21H29FO3. The van der Waals surface area contributed by atoms with Crippen LogP contribution in [0.1, 0.15) is 65.7 Å². The fourth-order valence-electron chi connectivity index (χ4n) is 6.26. The van der Waals surface area contributed by atoms with Crippen molar-refractivity contribution in [2.45, 2.75) is 84.1 Å². The molecule has 138 valence electrons. The molecule has 4 heteroatoms. The van der Waals surface area contributed by atoms with E-state index in [9.17, 15) is 14.3 Å². The third-order valence-electron chi connectivity index (χ3n) is 7.62. The fourth-order valence-corrected chi connectivity index (χ4v) is 6.26. The van der Waals surface area contributed by atoms with Gasteiger partial charge in [-0.15, -0.1) is 0 Å². The average Bonchev–Trinajstić information content (AvgIpc) is 2.79. The zero-order valence-electron chi connectivity index (χ0n) is 15.5. The van der Waals surface area contributed by atoms with Gasteiger partial charge in [-0.2, -0.15) is 0 Å². The lowest BCUT2D eigenvalue weighted by atomic mass is 9.54. The van der Waals surface area contributed by atoms with Crippen LogP contribution >= 0.6 is 0 Å². The largest absolute Gasteiger partial charge is 0.459 e. The van der Waals surface area contributed by atoms with Crippen LogP contribution in [-0.4, -0.2) is 29.5 Å². The number of fused-ring (bicyclic) bond motifs is 4. The van der Waals surface area contributed by atoms with Gasteiger partial charge in [0.1, 0.15) is 12.3 Å². The minimum Gasteiger partial charge on any atom is -0.459 e. The molecule has 25 heavy (non-hydrogen) atoms. The lowest BCUT2D eigenvalue weighted by Gasteiger charge is -2.51. The first-order valence-corrected chi connectivity index (χ1v) is 9.68. The second kappa shape index (κ2) is 5.67. The molecule has 0 amide bonds. The van der Waals surface area contributed by atoms with Gasteiger partial charge in [0, 0.05) is 17.8 Å². The van der Waals surface area contributed by atoms with E-state index in [1.165, 1.54) is 23.6 Å². The standard InChI is InChI=1S/C21H29FO3/c1-12(23)25-19-18(22)11-17-15-5-4-13-10-14(24)6-8-20(13,2)16(15)7-9-21(17,19)3/h10,14,17-19,24H,4-9,11H2,1-3H3/t14-,17-,18+,19-,20-,21-/m0/s1. The SMILES string of the molecule is CC(=O)O[C@H]1[C@H](F)C[C@H]2C3=C(CC[C@@]21C)[C@@]1(C)CC[C@H](O)C=C1CC3. The number of aliphatic hydroxyl groups excluding tert-OH is 1. The summed E-state index contributed by atoms with van der Waals surface area (Å²) in [6, 6.07) is 0. The van der Waals surface area contributed by atoms with Crippen LogP contribution in [0.4, 0.5) is 4.39 Å². The van der Waals surface area contributed by atoms with Crippen molar-refractivity contribution in [1.82, 2.24) is 0 Å². The Balaban J connectivity index is 1.73. The van der Waals surface area contributed by atoms with Crippen molar-refractivity contribution in [3.8, 4) is 0 Å². The molecule has 4 aliphatic rings. The van der Waals surface area contributed by atoms with Crippen LogP contribution < -0.4 is 0 Å². The molecule has 0 aromatic rings. The molecule has 3 nitrogen and oxygen atoms in total. The number of aliphatic hydroxyl groups is 1. The molecule has 0 heterocycles. The summed E-state index contributed by atoms with van der Waals surface area (Å²) >= 11 is 0. The smallest absolute Gasteiger partial charge is 0.303 e. The number of ether oxygens (including phenoxy) is 1. The first-order chi connectivity index (χ1) is 11.8. The Labute approximate surface area is 149 Å². The van der Waals surface area contributed by atoms with Crippen molar-refractivity contribution in [1.29, 1.82) is 0 Å². The van der Waals surface area contributed by atoms with Crippen molar-refractivity contribution in [2.24, 2.45) is 16.7 Å². The van der Waals surface area contributed by atoms with Gasteiger partial charge in [0.2, 0.25) is 0 Å². The molecule has 6 atom stereocenters. The molecule has 0 radical (unpaired) electrons. The van der Waals surface area contributed by atoms with E-state index in [2.05, 4.69) is 19.9 Å². The third-order valence-corrected chi connectivity index (χ3v) is 7.62. The van der Waals surface area contributed by atoms with E-state index in [4.69, 9.17) is 4.74 Å². The normalized spacial score (nSPS) is 46.0. The zero-order valence-corrected chi connectivity index (χ0v) is 15.5. The third kappa shape index (κ3) is 2.43. The Morgan fingerprint density at radius 3 is 2.76 bits per heavy atom. The topological polar surface area (TPSA) is 46.5 Å². The van der Waals surface area contributed by atoms with Crippen LogP contribution in [0.2, 0.25) is 0 Å². The van der Waals surface area contributed by atoms with E-state index in [0.29, 0.717) is 6.42 Å². The Kier molecular flexibility index (Phi) is 3.91. The zero-order chi connectivity index (χ0) is 18.0. The van der Waals surface area contributed by atoms with Gasteiger partial charge in [-0.25, -0.2) is 4.39 Å². The molecule has 0 unspecified atom stereocenters. The summed E-state index contributed by atoms with van der Waals surface area (Å²) in [4.78, 5) is 11.5. The molecule has 4 aliphatic carbocycles. The van der Waals surface area contributed by atoms with E-state index < -0.39 is 12.3 Å². The molecule has 1 N–H and O–H groups in total. The number of halogens is 1. The first-order valence-electron chi connectivity index (χ1n) is 9.68. The van der Waals surface area contributed by atoms with Crippen LogP contribution in [0.3, 0.4) is 0 Å².